The maximum absolute atomic E-state index is 12.5. The first-order valence-corrected chi connectivity index (χ1v) is 11.3. The number of hydrogen-bond acceptors (Lipinski definition) is 9. The molecule has 1 aromatic carbocycles. The van der Waals surface area contributed by atoms with Gasteiger partial charge in [0, 0.05) is 24.5 Å². The minimum Gasteiger partial charge on any atom is -0.493 e. The van der Waals surface area contributed by atoms with Crippen molar-refractivity contribution in [1.29, 1.82) is 0 Å². The molecule has 0 bridgehead atoms. The average molecular weight is 483 g/mol. The van der Waals surface area contributed by atoms with Gasteiger partial charge in [-0.3, -0.25) is 4.98 Å². The third kappa shape index (κ3) is 5.89. The Morgan fingerprint density at radius 3 is 2.63 bits per heavy atom. The number of methoxy groups -OCH3 is 2. The molecule has 0 aliphatic carbocycles. The van der Waals surface area contributed by atoms with E-state index in [1.165, 1.54) is 0 Å². The van der Waals surface area contributed by atoms with Crippen LogP contribution in [0, 0.1) is 0 Å². The quantitative estimate of drug-likeness (QED) is 0.520. The van der Waals surface area contributed by atoms with Crippen LogP contribution >= 0.6 is 0 Å². The van der Waals surface area contributed by atoms with Crippen molar-refractivity contribution in [3.05, 3.63) is 36.7 Å². The SMILES string of the molecule is COc1ccc(-c2cc3nccnc3c(OCC3CN(C(=O)OC(C)(C)C)CCO3)n2)cc1OC. The van der Waals surface area contributed by atoms with Crippen LogP contribution in [0.4, 0.5) is 4.79 Å². The highest BCUT2D eigenvalue weighted by Crippen LogP contribution is 2.34. The molecule has 4 rings (SSSR count). The molecule has 1 fully saturated rings. The Bertz CT molecular complexity index is 1200. The zero-order valence-electron chi connectivity index (χ0n) is 20.6. The molecule has 35 heavy (non-hydrogen) atoms. The number of ether oxygens (including phenoxy) is 5. The van der Waals surface area contributed by atoms with Gasteiger partial charge in [-0.2, -0.15) is 0 Å². The Balaban J connectivity index is 1.55. The summed E-state index contributed by atoms with van der Waals surface area (Å²) in [4.78, 5) is 27.6. The minimum absolute atomic E-state index is 0.188. The summed E-state index contributed by atoms with van der Waals surface area (Å²) in [5.41, 5.74) is 2.07. The molecule has 1 saturated heterocycles. The summed E-state index contributed by atoms with van der Waals surface area (Å²) in [5.74, 6) is 1.54. The number of pyridine rings is 1. The highest BCUT2D eigenvalue weighted by molar-refractivity contribution is 5.83. The van der Waals surface area contributed by atoms with E-state index >= 15 is 0 Å². The fraction of sp³-hybridized carbons (Fsp3) is 0.440. The minimum atomic E-state index is -0.562. The van der Waals surface area contributed by atoms with Crippen LogP contribution < -0.4 is 14.2 Å². The van der Waals surface area contributed by atoms with Crippen LogP contribution in [0.3, 0.4) is 0 Å². The summed E-state index contributed by atoms with van der Waals surface area (Å²) in [6, 6.07) is 7.39. The monoisotopic (exact) mass is 482 g/mol. The second kappa shape index (κ2) is 10.3. The van der Waals surface area contributed by atoms with Gasteiger partial charge in [0.2, 0.25) is 5.88 Å². The van der Waals surface area contributed by atoms with Crippen molar-refractivity contribution in [3.63, 3.8) is 0 Å². The predicted octanol–water partition coefficient (Wildman–Crippen LogP) is 3.72. The number of amides is 1. The highest BCUT2D eigenvalue weighted by atomic mass is 16.6. The fourth-order valence-corrected chi connectivity index (χ4v) is 3.67. The number of hydrogen-bond donors (Lipinski definition) is 0. The first-order chi connectivity index (χ1) is 16.8. The van der Waals surface area contributed by atoms with E-state index in [-0.39, 0.29) is 18.8 Å². The molecule has 0 spiro atoms. The maximum Gasteiger partial charge on any atom is 0.410 e. The van der Waals surface area contributed by atoms with Crippen LogP contribution in [0.5, 0.6) is 17.4 Å². The van der Waals surface area contributed by atoms with E-state index in [9.17, 15) is 4.79 Å². The van der Waals surface area contributed by atoms with Gasteiger partial charge < -0.3 is 28.6 Å². The van der Waals surface area contributed by atoms with Gasteiger partial charge in [0.25, 0.3) is 0 Å². The Morgan fingerprint density at radius 1 is 1.11 bits per heavy atom. The van der Waals surface area contributed by atoms with Crippen molar-refractivity contribution < 1.29 is 28.5 Å². The van der Waals surface area contributed by atoms with Gasteiger partial charge in [0.05, 0.1) is 38.6 Å². The lowest BCUT2D eigenvalue weighted by molar-refractivity contribution is -0.0559. The molecule has 3 aromatic rings. The van der Waals surface area contributed by atoms with Crippen LogP contribution in [0.15, 0.2) is 36.7 Å². The number of morpholine rings is 1. The fourth-order valence-electron chi connectivity index (χ4n) is 3.67. The van der Waals surface area contributed by atoms with E-state index in [4.69, 9.17) is 28.7 Å². The zero-order chi connectivity index (χ0) is 25.0. The molecule has 3 heterocycles. The number of carbonyl (C=O) groups excluding carboxylic acids is 1. The summed E-state index contributed by atoms with van der Waals surface area (Å²) in [6.45, 7) is 6.93. The summed E-state index contributed by atoms with van der Waals surface area (Å²) in [7, 11) is 3.17. The van der Waals surface area contributed by atoms with Crippen molar-refractivity contribution >= 4 is 17.1 Å². The van der Waals surface area contributed by atoms with Crippen molar-refractivity contribution in [1.82, 2.24) is 19.9 Å². The van der Waals surface area contributed by atoms with Gasteiger partial charge in [0.1, 0.15) is 18.3 Å². The molecule has 0 saturated carbocycles. The lowest BCUT2D eigenvalue weighted by atomic mass is 10.1. The average Bonchev–Trinajstić information content (AvgIpc) is 2.85. The summed E-state index contributed by atoms with van der Waals surface area (Å²) in [5, 5.41) is 0. The van der Waals surface area contributed by atoms with E-state index in [1.807, 2.05) is 45.0 Å². The van der Waals surface area contributed by atoms with E-state index < -0.39 is 5.60 Å². The van der Waals surface area contributed by atoms with Crippen molar-refractivity contribution in [2.24, 2.45) is 0 Å². The number of nitrogens with zero attached hydrogens (tertiary/aromatic N) is 4. The zero-order valence-corrected chi connectivity index (χ0v) is 20.6. The molecule has 10 nitrogen and oxygen atoms in total. The first kappa shape index (κ1) is 24.5. The Labute approximate surface area is 204 Å². The summed E-state index contributed by atoms with van der Waals surface area (Å²) < 4.78 is 28.2. The Kier molecular flexibility index (Phi) is 7.20. The number of carbonyl (C=O) groups is 1. The van der Waals surface area contributed by atoms with Gasteiger partial charge in [-0.05, 0) is 45.0 Å². The lowest BCUT2D eigenvalue weighted by Gasteiger charge is -2.34. The molecule has 1 amide bonds. The predicted molar refractivity (Wildman–Crippen MR) is 129 cm³/mol. The maximum atomic E-state index is 12.5. The normalized spacial score (nSPS) is 16.1. The largest absolute Gasteiger partial charge is 0.493 e. The van der Waals surface area contributed by atoms with E-state index in [0.717, 1.165) is 5.56 Å². The standard InChI is InChI=1S/C25H30N4O6/c1-25(2,3)35-24(30)29-10-11-33-17(14-29)15-34-23-22-19(26-8-9-27-22)13-18(28-23)16-6-7-20(31-4)21(12-16)32-5/h6-9,12-13,17H,10-11,14-15H2,1-5H3. The molecule has 0 radical (unpaired) electrons. The number of benzene rings is 1. The second-order valence-electron chi connectivity index (χ2n) is 9.04. The van der Waals surface area contributed by atoms with Crippen molar-refractivity contribution in [2.75, 3.05) is 40.5 Å². The smallest absolute Gasteiger partial charge is 0.410 e. The van der Waals surface area contributed by atoms with Gasteiger partial charge in [-0.1, -0.05) is 0 Å². The molecule has 1 aliphatic rings. The molecule has 2 aromatic heterocycles. The van der Waals surface area contributed by atoms with Crippen LogP contribution in [0.1, 0.15) is 20.8 Å². The molecule has 0 N–H and O–H groups in total. The topological polar surface area (TPSA) is 105 Å². The highest BCUT2D eigenvalue weighted by Gasteiger charge is 2.29. The Hall–Kier alpha value is -3.66. The molecule has 10 heteroatoms. The molecular formula is C25H30N4O6. The second-order valence-corrected chi connectivity index (χ2v) is 9.04. The number of fused-ring (bicyclic) bond motifs is 1. The van der Waals surface area contributed by atoms with Gasteiger partial charge in [0.15, 0.2) is 17.0 Å². The van der Waals surface area contributed by atoms with Crippen LogP contribution in [-0.2, 0) is 9.47 Å². The van der Waals surface area contributed by atoms with E-state index in [1.54, 1.807) is 31.5 Å². The Morgan fingerprint density at radius 2 is 1.89 bits per heavy atom. The lowest BCUT2D eigenvalue weighted by Crippen LogP contribution is -2.49. The summed E-state index contributed by atoms with van der Waals surface area (Å²) in [6.07, 6.45) is 2.51. The van der Waals surface area contributed by atoms with Gasteiger partial charge in [-0.25, -0.2) is 14.8 Å². The van der Waals surface area contributed by atoms with Crippen LogP contribution in [0.2, 0.25) is 0 Å². The summed E-state index contributed by atoms with van der Waals surface area (Å²) >= 11 is 0. The number of rotatable bonds is 6. The van der Waals surface area contributed by atoms with E-state index in [2.05, 4.69) is 9.97 Å². The molecule has 1 atom stereocenters. The molecular weight excluding hydrogens is 452 g/mol. The van der Waals surface area contributed by atoms with Crippen LogP contribution in [0.25, 0.3) is 22.3 Å². The van der Waals surface area contributed by atoms with Crippen molar-refractivity contribution in [2.45, 2.75) is 32.5 Å². The van der Waals surface area contributed by atoms with Gasteiger partial charge >= 0.3 is 6.09 Å². The molecule has 1 aliphatic heterocycles. The van der Waals surface area contributed by atoms with Gasteiger partial charge in [-0.15, -0.1) is 0 Å². The molecule has 186 valence electrons. The molecule has 1 unspecified atom stereocenters. The first-order valence-electron chi connectivity index (χ1n) is 11.3. The van der Waals surface area contributed by atoms with Crippen LogP contribution in [-0.4, -0.2) is 78.2 Å². The third-order valence-electron chi connectivity index (χ3n) is 5.30. The number of aromatic nitrogens is 3. The third-order valence-corrected chi connectivity index (χ3v) is 5.30. The van der Waals surface area contributed by atoms with E-state index in [0.29, 0.717) is 53.8 Å². The van der Waals surface area contributed by atoms with Crippen molar-refractivity contribution in [3.8, 4) is 28.6 Å².